The maximum absolute atomic E-state index is 8.61. The van der Waals surface area contributed by atoms with Gasteiger partial charge in [-0.05, 0) is 59.2 Å². The van der Waals surface area contributed by atoms with Gasteiger partial charge in [-0.25, -0.2) is 0 Å². The average Bonchev–Trinajstić information content (AvgIpc) is 2.06. The number of hydrogen-bond acceptors (Lipinski definition) is 1. The van der Waals surface area contributed by atoms with Crippen LogP contribution in [-0.4, -0.2) is 0 Å². The van der Waals surface area contributed by atoms with Gasteiger partial charge in [0.2, 0.25) is 0 Å². The zero-order chi connectivity index (χ0) is 9.14. The molecule has 0 atom stereocenters. The predicted octanol–water partition coefficient (Wildman–Crippen LogP) is 2.97. The van der Waals surface area contributed by atoms with Crippen LogP contribution < -0.4 is 0 Å². The van der Waals surface area contributed by atoms with E-state index in [0.717, 1.165) is 0 Å². The van der Waals surface area contributed by atoms with Crippen LogP contribution in [0.4, 0.5) is 0 Å². The third-order valence-corrected chi connectivity index (χ3v) is 3.08. The molecule has 0 aliphatic carbocycles. The lowest BCUT2D eigenvalue weighted by atomic mass is 10.0. The maximum atomic E-state index is 8.61. The highest BCUT2D eigenvalue weighted by Crippen LogP contribution is 2.19. The van der Waals surface area contributed by atoms with E-state index in [0.29, 0.717) is 6.42 Å². The van der Waals surface area contributed by atoms with Gasteiger partial charge in [0.05, 0.1) is 12.5 Å². The van der Waals surface area contributed by atoms with Gasteiger partial charge in [-0.2, -0.15) is 5.26 Å². The monoisotopic (exact) mass is 271 g/mol. The van der Waals surface area contributed by atoms with E-state index in [4.69, 9.17) is 5.26 Å². The molecule has 1 rings (SSSR count). The molecule has 0 aliphatic heterocycles. The van der Waals surface area contributed by atoms with Crippen LogP contribution in [0.3, 0.4) is 0 Å². The number of hydrogen-bond donors (Lipinski definition) is 0. The van der Waals surface area contributed by atoms with Crippen molar-refractivity contribution in [1.82, 2.24) is 0 Å². The summed E-state index contributed by atoms with van der Waals surface area (Å²) in [5.74, 6) is 0. The molecule has 0 heterocycles. The van der Waals surface area contributed by atoms with Crippen molar-refractivity contribution in [1.29, 1.82) is 5.26 Å². The lowest BCUT2D eigenvalue weighted by molar-refractivity contribution is 1.16. The topological polar surface area (TPSA) is 23.8 Å². The smallest absolute Gasteiger partial charge is 0.0670 e. The van der Waals surface area contributed by atoms with Crippen molar-refractivity contribution in [3.8, 4) is 6.07 Å². The highest BCUT2D eigenvalue weighted by Gasteiger charge is 2.04. The second-order valence-electron chi connectivity index (χ2n) is 2.80. The average molecular weight is 271 g/mol. The fraction of sp³-hybridized carbons (Fsp3) is 0.300. The Morgan fingerprint density at radius 1 is 1.42 bits per heavy atom. The Morgan fingerprint density at radius 3 is 2.67 bits per heavy atom. The van der Waals surface area contributed by atoms with Crippen LogP contribution in [0.1, 0.15) is 16.7 Å². The molecule has 1 aromatic rings. The van der Waals surface area contributed by atoms with Gasteiger partial charge in [0.15, 0.2) is 0 Å². The Morgan fingerprint density at radius 2 is 2.08 bits per heavy atom. The van der Waals surface area contributed by atoms with E-state index in [2.05, 4.69) is 54.6 Å². The molecule has 0 amide bonds. The number of halogens is 1. The highest BCUT2D eigenvalue weighted by molar-refractivity contribution is 14.1. The number of rotatable bonds is 1. The summed E-state index contributed by atoms with van der Waals surface area (Å²) in [6.45, 7) is 4.15. The van der Waals surface area contributed by atoms with E-state index in [1.165, 1.54) is 20.3 Å². The van der Waals surface area contributed by atoms with Gasteiger partial charge in [-0.15, -0.1) is 0 Å². The van der Waals surface area contributed by atoms with Crippen molar-refractivity contribution in [3.63, 3.8) is 0 Å². The maximum Gasteiger partial charge on any atom is 0.0670 e. The molecule has 0 bridgehead atoms. The minimum Gasteiger partial charge on any atom is -0.198 e. The van der Waals surface area contributed by atoms with Crippen LogP contribution in [0.25, 0.3) is 0 Å². The van der Waals surface area contributed by atoms with Gasteiger partial charge >= 0.3 is 0 Å². The van der Waals surface area contributed by atoms with E-state index < -0.39 is 0 Å². The van der Waals surface area contributed by atoms with Crippen molar-refractivity contribution < 1.29 is 0 Å². The van der Waals surface area contributed by atoms with E-state index in [9.17, 15) is 0 Å². The Labute approximate surface area is 86.5 Å². The normalized spacial score (nSPS) is 9.50. The number of benzene rings is 1. The van der Waals surface area contributed by atoms with Crippen LogP contribution in [0, 0.1) is 28.7 Å². The lowest BCUT2D eigenvalue weighted by Gasteiger charge is -2.07. The van der Waals surface area contributed by atoms with Crippen LogP contribution in [-0.2, 0) is 6.42 Å². The molecule has 0 saturated carbocycles. The zero-order valence-corrected chi connectivity index (χ0v) is 9.34. The molecule has 0 fully saturated rings. The molecule has 0 N–H and O–H groups in total. The molecular weight excluding hydrogens is 261 g/mol. The minimum atomic E-state index is 0.520. The first-order valence-electron chi connectivity index (χ1n) is 3.78. The van der Waals surface area contributed by atoms with Crippen molar-refractivity contribution in [3.05, 3.63) is 32.4 Å². The minimum absolute atomic E-state index is 0.520. The second-order valence-corrected chi connectivity index (χ2v) is 3.96. The van der Waals surface area contributed by atoms with Crippen LogP contribution in [0.5, 0.6) is 0 Å². The van der Waals surface area contributed by atoms with Crippen LogP contribution in [0.15, 0.2) is 12.1 Å². The first kappa shape index (κ1) is 9.53. The molecule has 0 unspecified atom stereocenters. The quantitative estimate of drug-likeness (QED) is 0.720. The molecule has 12 heavy (non-hydrogen) atoms. The summed E-state index contributed by atoms with van der Waals surface area (Å²) in [7, 11) is 0. The summed E-state index contributed by atoms with van der Waals surface area (Å²) >= 11 is 2.27. The van der Waals surface area contributed by atoms with E-state index in [-0.39, 0.29) is 0 Å². The van der Waals surface area contributed by atoms with E-state index in [1.807, 2.05) is 0 Å². The van der Waals surface area contributed by atoms with Crippen molar-refractivity contribution in [2.75, 3.05) is 0 Å². The van der Waals surface area contributed by atoms with Gasteiger partial charge in [0.1, 0.15) is 0 Å². The first-order chi connectivity index (χ1) is 5.66. The van der Waals surface area contributed by atoms with Crippen LogP contribution >= 0.6 is 22.6 Å². The fourth-order valence-corrected chi connectivity index (χ4v) is 1.91. The van der Waals surface area contributed by atoms with Crippen molar-refractivity contribution >= 4 is 22.6 Å². The summed E-state index contributed by atoms with van der Waals surface area (Å²) in [5, 5.41) is 8.61. The highest BCUT2D eigenvalue weighted by atomic mass is 127. The van der Waals surface area contributed by atoms with E-state index >= 15 is 0 Å². The van der Waals surface area contributed by atoms with Gasteiger partial charge in [-0.1, -0.05) is 6.07 Å². The molecule has 0 saturated heterocycles. The van der Waals surface area contributed by atoms with Crippen LogP contribution in [0.2, 0.25) is 0 Å². The standard InChI is InChI=1S/C10H10IN/c1-7-3-4-10(11)9(5-6-12)8(7)2/h3-4H,5H2,1-2H3. The summed E-state index contributed by atoms with van der Waals surface area (Å²) in [4.78, 5) is 0. The summed E-state index contributed by atoms with van der Waals surface area (Å²) in [5.41, 5.74) is 3.70. The van der Waals surface area contributed by atoms with Gasteiger partial charge in [-0.3, -0.25) is 0 Å². The van der Waals surface area contributed by atoms with Gasteiger partial charge in [0.25, 0.3) is 0 Å². The molecular formula is C10H10IN. The SMILES string of the molecule is Cc1ccc(I)c(CC#N)c1C. The number of aryl methyl sites for hydroxylation is 1. The lowest BCUT2D eigenvalue weighted by Crippen LogP contribution is -1.94. The Hall–Kier alpha value is -0.560. The van der Waals surface area contributed by atoms with Crippen molar-refractivity contribution in [2.24, 2.45) is 0 Å². The predicted molar refractivity (Wildman–Crippen MR) is 58.0 cm³/mol. The summed E-state index contributed by atoms with van der Waals surface area (Å²) in [6, 6.07) is 6.35. The molecule has 0 spiro atoms. The van der Waals surface area contributed by atoms with Crippen molar-refractivity contribution in [2.45, 2.75) is 20.3 Å². The van der Waals surface area contributed by atoms with Gasteiger partial charge in [0, 0.05) is 3.57 Å². The second kappa shape index (κ2) is 3.90. The third-order valence-electron chi connectivity index (χ3n) is 2.07. The summed E-state index contributed by atoms with van der Waals surface area (Å²) < 4.78 is 1.19. The number of nitrogens with zero attached hydrogens (tertiary/aromatic N) is 1. The Kier molecular flexibility index (Phi) is 3.10. The molecule has 0 aliphatic rings. The molecule has 62 valence electrons. The Bertz CT molecular complexity index is 336. The first-order valence-corrected chi connectivity index (χ1v) is 4.86. The molecule has 1 nitrogen and oxygen atoms in total. The number of nitriles is 1. The largest absolute Gasteiger partial charge is 0.198 e. The summed E-state index contributed by atoms with van der Waals surface area (Å²) in [6.07, 6.45) is 0.520. The molecule has 2 heteroatoms. The molecule has 0 aromatic heterocycles. The third kappa shape index (κ3) is 1.78. The molecule has 1 aromatic carbocycles. The zero-order valence-electron chi connectivity index (χ0n) is 7.19. The Balaban J connectivity index is 3.25. The molecule has 0 radical (unpaired) electrons. The fourth-order valence-electron chi connectivity index (χ4n) is 1.14. The van der Waals surface area contributed by atoms with Gasteiger partial charge < -0.3 is 0 Å². The van der Waals surface area contributed by atoms with E-state index in [1.54, 1.807) is 0 Å².